The largest absolute Gasteiger partial charge is 0.383 e. The summed E-state index contributed by atoms with van der Waals surface area (Å²) in [7, 11) is 3.42. The molecule has 0 spiro atoms. The van der Waals surface area contributed by atoms with Gasteiger partial charge in [0.2, 0.25) is 0 Å². The highest BCUT2D eigenvalue weighted by Crippen LogP contribution is 2.24. The highest BCUT2D eigenvalue weighted by atomic mass is 16.5. The summed E-state index contributed by atoms with van der Waals surface area (Å²) in [6.45, 7) is 5.85. The van der Waals surface area contributed by atoms with Crippen LogP contribution in [0.1, 0.15) is 34.5 Å². The number of nitrogens with one attached hydrogen (secondary N) is 1. The number of carbonyl (C=O) groups is 1. The van der Waals surface area contributed by atoms with Crippen LogP contribution in [0, 0.1) is 0 Å². The molecule has 1 amide bonds. The normalized spacial score (nSPS) is 12.3. The quantitative estimate of drug-likeness (QED) is 0.499. The van der Waals surface area contributed by atoms with E-state index in [9.17, 15) is 4.79 Å². The molecule has 0 heterocycles. The van der Waals surface area contributed by atoms with Crippen LogP contribution in [0.25, 0.3) is 10.8 Å². The number of amides is 1. The van der Waals surface area contributed by atoms with Gasteiger partial charge in [-0.25, -0.2) is 0 Å². The molecule has 1 atom stereocenters. The Morgan fingerprint density at radius 2 is 1.55 bits per heavy atom. The molecule has 1 N–H and O–H groups in total. The second-order valence-electron chi connectivity index (χ2n) is 7.72. The lowest BCUT2D eigenvalue weighted by molar-refractivity contribution is 0.0940. The van der Waals surface area contributed by atoms with E-state index >= 15 is 0 Å². The fraction of sp³-hybridized carbons (Fsp3) is 0.346. The minimum absolute atomic E-state index is 0.0670. The Kier molecular flexibility index (Phi) is 8.59. The SMILES string of the molecule is COCCN(CCOC)Cc1ccc(C(=O)NC(C)c2cccc3ccccc23)cc1. The smallest absolute Gasteiger partial charge is 0.251 e. The third kappa shape index (κ3) is 6.37. The van der Waals surface area contributed by atoms with Crippen LogP contribution in [0.3, 0.4) is 0 Å². The predicted octanol–water partition coefficient (Wildman–Crippen LogP) is 4.43. The van der Waals surface area contributed by atoms with Gasteiger partial charge < -0.3 is 14.8 Å². The van der Waals surface area contributed by atoms with Crippen molar-refractivity contribution in [3.63, 3.8) is 0 Å². The Bertz CT molecular complexity index is 959. The Labute approximate surface area is 185 Å². The van der Waals surface area contributed by atoms with Gasteiger partial charge in [-0.2, -0.15) is 0 Å². The number of ether oxygens (including phenoxy) is 2. The zero-order valence-corrected chi connectivity index (χ0v) is 18.6. The van der Waals surface area contributed by atoms with Crippen LogP contribution in [0.4, 0.5) is 0 Å². The van der Waals surface area contributed by atoms with Gasteiger partial charge in [-0.3, -0.25) is 9.69 Å². The van der Waals surface area contributed by atoms with E-state index in [4.69, 9.17) is 9.47 Å². The summed E-state index contributed by atoms with van der Waals surface area (Å²) in [5.41, 5.74) is 2.94. The molecule has 5 heteroatoms. The molecular formula is C26H32N2O3. The van der Waals surface area contributed by atoms with Crippen molar-refractivity contribution in [2.45, 2.75) is 19.5 Å². The van der Waals surface area contributed by atoms with Crippen molar-refractivity contribution >= 4 is 16.7 Å². The molecule has 0 aliphatic rings. The van der Waals surface area contributed by atoms with Gasteiger partial charge in [-0.15, -0.1) is 0 Å². The van der Waals surface area contributed by atoms with Crippen molar-refractivity contribution in [1.29, 1.82) is 0 Å². The summed E-state index contributed by atoms with van der Waals surface area (Å²) in [5, 5.41) is 5.48. The summed E-state index contributed by atoms with van der Waals surface area (Å²) in [4.78, 5) is 15.1. The number of hydrogen-bond donors (Lipinski definition) is 1. The van der Waals surface area contributed by atoms with Crippen LogP contribution >= 0.6 is 0 Å². The summed E-state index contributed by atoms with van der Waals surface area (Å²) < 4.78 is 10.4. The number of rotatable bonds is 11. The minimum atomic E-state index is -0.0862. The van der Waals surface area contributed by atoms with E-state index in [1.54, 1.807) is 14.2 Å². The zero-order chi connectivity index (χ0) is 22.1. The lowest BCUT2D eigenvalue weighted by Gasteiger charge is -2.22. The molecule has 0 radical (unpaired) electrons. The zero-order valence-electron chi connectivity index (χ0n) is 18.6. The molecule has 3 aromatic carbocycles. The van der Waals surface area contributed by atoms with Gasteiger partial charge in [0.25, 0.3) is 5.91 Å². The molecule has 0 aliphatic carbocycles. The number of nitrogens with zero attached hydrogens (tertiary/aromatic N) is 1. The van der Waals surface area contributed by atoms with E-state index in [1.165, 1.54) is 10.8 Å². The Hall–Kier alpha value is -2.73. The summed E-state index contributed by atoms with van der Waals surface area (Å²) in [6.07, 6.45) is 0. The molecule has 164 valence electrons. The third-order valence-corrected chi connectivity index (χ3v) is 5.48. The van der Waals surface area contributed by atoms with Gasteiger partial charge in [0.15, 0.2) is 0 Å². The van der Waals surface area contributed by atoms with Crippen molar-refractivity contribution < 1.29 is 14.3 Å². The van der Waals surface area contributed by atoms with E-state index < -0.39 is 0 Å². The molecular weight excluding hydrogens is 388 g/mol. The highest BCUT2D eigenvalue weighted by Gasteiger charge is 2.14. The maximum Gasteiger partial charge on any atom is 0.251 e. The number of fused-ring (bicyclic) bond motifs is 1. The molecule has 0 saturated carbocycles. The topological polar surface area (TPSA) is 50.8 Å². The van der Waals surface area contributed by atoms with Crippen molar-refractivity contribution in [3.05, 3.63) is 83.4 Å². The van der Waals surface area contributed by atoms with E-state index in [-0.39, 0.29) is 11.9 Å². The van der Waals surface area contributed by atoms with Crippen LogP contribution in [0.5, 0.6) is 0 Å². The fourth-order valence-corrected chi connectivity index (χ4v) is 3.72. The van der Waals surface area contributed by atoms with Crippen molar-refractivity contribution in [2.75, 3.05) is 40.5 Å². The van der Waals surface area contributed by atoms with Crippen LogP contribution in [0.2, 0.25) is 0 Å². The number of carbonyl (C=O) groups excluding carboxylic acids is 1. The summed E-state index contributed by atoms with van der Waals surface area (Å²) in [5.74, 6) is -0.0670. The highest BCUT2D eigenvalue weighted by molar-refractivity contribution is 5.95. The van der Waals surface area contributed by atoms with Gasteiger partial charge in [0.1, 0.15) is 0 Å². The lowest BCUT2D eigenvalue weighted by atomic mass is 9.99. The maximum absolute atomic E-state index is 12.8. The summed E-state index contributed by atoms with van der Waals surface area (Å²) in [6, 6.07) is 22.2. The number of hydrogen-bond acceptors (Lipinski definition) is 4. The van der Waals surface area contributed by atoms with Crippen LogP contribution in [-0.4, -0.2) is 51.3 Å². The fourth-order valence-electron chi connectivity index (χ4n) is 3.72. The average Bonchev–Trinajstić information content (AvgIpc) is 2.80. The minimum Gasteiger partial charge on any atom is -0.383 e. The molecule has 1 unspecified atom stereocenters. The summed E-state index contributed by atoms with van der Waals surface area (Å²) >= 11 is 0. The van der Waals surface area contributed by atoms with Gasteiger partial charge in [-0.05, 0) is 41.0 Å². The lowest BCUT2D eigenvalue weighted by Crippen LogP contribution is -2.30. The van der Waals surface area contributed by atoms with E-state index in [0.29, 0.717) is 18.8 Å². The third-order valence-electron chi connectivity index (χ3n) is 5.48. The maximum atomic E-state index is 12.8. The molecule has 31 heavy (non-hydrogen) atoms. The molecule has 0 saturated heterocycles. The molecule has 5 nitrogen and oxygen atoms in total. The Morgan fingerprint density at radius 1 is 0.903 bits per heavy atom. The second-order valence-corrected chi connectivity index (χ2v) is 7.72. The first kappa shape index (κ1) is 22.9. The molecule has 0 bridgehead atoms. The van der Waals surface area contributed by atoms with Crippen LogP contribution in [0.15, 0.2) is 66.7 Å². The van der Waals surface area contributed by atoms with Gasteiger partial charge >= 0.3 is 0 Å². The van der Waals surface area contributed by atoms with E-state index in [1.807, 2.05) is 49.4 Å². The first-order chi connectivity index (χ1) is 15.1. The molecule has 3 aromatic rings. The predicted molar refractivity (Wildman–Crippen MR) is 125 cm³/mol. The molecule has 0 aliphatic heterocycles. The van der Waals surface area contributed by atoms with Gasteiger partial charge in [0.05, 0.1) is 19.3 Å². The van der Waals surface area contributed by atoms with E-state index in [2.05, 4.69) is 34.5 Å². The molecule has 0 aromatic heterocycles. The standard InChI is InChI=1S/C26H32N2O3/c1-20(24-10-6-8-22-7-4-5-9-25(22)24)27-26(29)23-13-11-21(12-14-23)19-28(15-17-30-2)16-18-31-3/h4-14,20H,15-19H2,1-3H3,(H,27,29). The number of methoxy groups -OCH3 is 2. The Morgan fingerprint density at radius 3 is 2.23 bits per heavy atom. The molecule has 0 fully saturated rings. The van der Waals surface area contributed by atoms with Crippen molar-refractivity contribution in [3.8, 4) is 0 Å². The average molecular weight is 421 g/mol. The monoisotopic (exact) mass is 420 g/mol. The first-order valence-corrected chi connectivity index (χ1v) is 10.7. The van der Waals surface area contributed by atoms with Crippen molar-refractivity contribution in [1.82, 2.24) is 10.2 Å². The second kappa shape index (κ2) is 11.6. The van der Waals surface area contributed by atoms with Crippen molar-refractivity contribution in [2.24, 2.45) is 0 Å². The van der Waals surface area contributed by atoms with Crippen LogP contribution < -0.4 is 5.32 Å². The molecule has 3 rings (SSSR count). The first-order valence-electron chi connectivity index (χ1n) is 10.7. The van der Waals surface area contributed by atoms with E-state index in [0.717, 1.165) is 30.8 Å². The Balaban J connectivity index is 1.64. The van der Waals surface area contributed by atoms with Crippen LogP contribution in [-0.2, 0) is 16.0 Å². The van der Waals surface area contributed by atoms with Gasteiger partial charge in [-0.1, -0.05) is 54.6 Å². The number of benzene rings is 3. The van der Waals surface area contributed by atoms with Gasteiger partial charge in [0, 0.05) is 39.4 Å².